The number of fused-ring (bicyclic) bond motifs is 1. The van der Waals surface area contributed by atoms with E-state index in [0.29, 0.717) is 17.3 Å². The molecular weight excluding hydrogens is 285 g/mol. The van der Waals surface area contributed by atoms with Crippen LogP contribution in [0, 0.1) is 5.82 Å². The summed E-state index contributed by atoms with van der Waals surface area (Å²) in [5.74, 6) is 0.879. The van der Waals surface area contributed by atoms with Gasteiger partial charge in [-0.05, 0) is 12.1 Å². The minimum atomic E-state index is -0.424. The Morgan fingerprint density at radius 1 is 1.35 bits per heavy atom. The summed E-state index contributed by atoms with van der Waals surface area (Å²) >= 11 is 5.89. The lowest BCUT2D eigenvalue weighted by Gasteiger charge is -2.10. The van der Waals surface area contributed by atoms with Crippen LogP contribution in [0.1, 0.15) is 0 Å². The SMILES string of the molecule is COc1ccc(F)c(Nc2cc(Cl)nc3ncnn23)c1. The molecule has 0 bridgehead atoms. The first-order chi connectivity index (χ1) is 9.67. The summed E-state index contributed by atoms with van der Waals surface area (Å²) in [5.41, 5.74) is 0.239. The minimum Gasteiger partial charge on any atom is -0.497 e. The van der Waals surface area contributed by atoms with E-state index in [2.05, 4.69) is 20.4 Å². The van der Waals surface area contributed by atoms with E-state index in [9.17, 15) is 4.39 Å². The molecule has 0 spiro atoms. The number of nitrogens with zero attached hydrogens (tertiary/aromatic N) is 4. The van der Waals surface area contributed by atoms with Crippen LogP contribution < -0.4 is 10.1 Å². The number of rotatable bonds is 3. The van der Waals surface area contributed by atoms with E-state index >= 15 is 0 Å². The summed E-state index contributed by atoms with van der Waals surface area (Å²) in [6.45, 7) is 0. The fourth-order valence-electron chi connectivity index (χ4n) is 1.74. The second-order valence-electron chi connectivity index (χ2n) is 3.91. The van der Waals surface area contributed by atoms with E-state index in [1.54, 1.807) is 0 Å². The average molecular weight is 294 g/mol. The highest BCUT2D eigenvalue weighted by Crippen LogP contribution is 2.25. The Morgan fingerprint density at radius 2 is 2.20 bits per heavy atom. The number of anilines is 2. The maximum atomic E-state index is 13.8. The summed E-state index contributed by atoms with van der Waals surface area (Å²) in [6.07, 6.45) is 1.34. The Hall–Kier alpha value is -2.41. The van der Waals surface area contributed by atoms with Gasteiger partial charge in [0, 0.05) is 12.1 Å². The normalized spacial score (nSPS) is 10.8. The molecule has 1 N–H and O–H groups in total. The van der Waals surface area contributed by atoms with E-state index in [-0.39, 0.29) is 10.8 Å². The predicted molar refractivity (Wildman–Crippen MR) is 72.0 cm³/mol. The van der Waals surface area contributed by atoms with Crippen molar-refractivity contribution in [2.24, 2.45) is 0 Å². The van der Waals surface area contributed by atoms with Crippen molar-refractivity contribution in [1.29, 1.82) is 0 Å². The summed E-state index contributed by atoms with van der Waals surface area (Å²) in [5, 5.41) is 7.13. The van der Waals surface area contributed by atoms with Crippen LogP contribution in [0.2, 0.25) is 5.15 Å². The second kappa shape index (κ2) is 4.93. The van der Waals surface area contributed by atoms with Gasteiger partial charge in [-0.1, -0.05) is 11.6 Å². The monoisotopic (exact) mass is 293 g/mol. The van der Waals surface area contributed by atoms with Crippen LogP contribution in [-0.4, -0.2) is 26.7 Å². The number of halogens is 2. The summed E-state index contributed by atoms with van der Waals surface area (Å²) in [6, 6.07) is 5.90. The molecule has 0 radical (unpaired) electrons. The van der Waals surface area contributed by atoms with Crippen LogP contribution in [0.15, 0.2) is 30.6 Å². The van der Waals surface area contributed by atoms with Gasteiger partial charge in [-0.2, -0.15) is 19.6 Å². The van der Waals surface area contributed by atoms with Crippen molar-refractivity contribution in [3.8, 4) is 5.75 Å². The summed E-state index contributed by atoms with van der Waals surface area (Å²) < 4.78 is 20.3. The predicted octanol–water partition coefficient (Wildman–Crippen LogP) is 2.67. The van der Waals surface area contributed by atoms with E-state index in [4.69, 9.17) is 16.3 Å². The van der Waals surface area contributed by atoms with Crippen molar-refractivity contribution in [3.05, 3.63) is 41.6 Å². The third-order valence-electron chi connectivity index (χ3n) is 2.66. The number of ether oxygens (including phenoxy) is 1. The molecule has 0 aliphatic rings. The first-order valence-corrected chi connectivity index (χ1v) is 6.02. The molecule has 20 heavy (non-hydrogen) atoms. The van der Waals surface area contributed by atoms with Crippen molar-refractivity contribution < 1.29 is 9.13 Å². The van der Waals surface area contributed by atoms with E-state index in [1.807, 2.05) is 0 Å². The van der Waals surface area contributed by atoms with Gasteiger partial charge in [0.25, 0.3) is 5.78 Å². The fourth-order valence-corrected chi connectivity index (χ4v) is 1.92. The molecule has 102 valence electrons. The number of hydrogen-bond acceptors (Lipinski definition) is 5. The number of aromatic nitrogens is 4. The molecule has 0 fully saturated rings. The molecule has 3 aromatic rings. The number of benzene rings is 1. The van der Waals surface area contributed by atoms with Gasteiger partial charge in [-0.15, -0.1) is 0 Å². The molecule has 0 atom stereocenters. The van der Waals surface area contributed by atoms with Gasteiger partial charge in [0.05, 0.1) is 12.8 Å². The summed E-state index contributed by atoms with van der Waals surface area (Å²) in [4.78, 5) is 7.93. The van der Waals surface area contributed by atoms with Gasteiger partial charge in [-0.25, -0.2) is 4.39 Å². The first kappa shape index (κ1) is 12.6. The zero-order valence-corrected chi connectivity index (χ0v) is 11.1. The van der Waals surface area contributed by atoms with E-state index < -0.39 is 5.82 Å². The highest BCUT2D eigenvalue weighted by molar-refractivity contribution is 6.29. The Bertz CT molecular complexity index is 776. The molecule has 2 aromatic heterocycles. The fraction of sp³-hybridized carbons (Fsp3) is 0.0833. The molecule has 1 aromatic carbocycles. The molecule has 0 aliphatic heterocycles. The highest BCUT2D eigenvalue weighted by Gasteiger charge is 2.10. The average Bonchev–Trinajstić information content (AvgIpc) is 2.89. The molecule has 0 aliphatic carbocycles. The lowest BCUT2D eigenvalue weighted by atomic mass is 10.3. The van der Waals surface area contributed by atoms with Gasteiger partial charge < -0.3 is 10.1 Å². The van der Waals surface area contributed by atoms with Crippen LogP contribution in [0.25, 0.3) is 5.78 Å². The minimum absolute atomic E-state index is 0.233. The zero-order chi connectivity index (χ0) is 14.1. The van der Waals surface area contributed by atoms with Crippen LogP contribution in [-0.2, 0) is 0 Å². The standard InChI is InChI=1S/C12H9ClFN5O/c1-20-7-2-3-8(14)9(4-7)17-11-5-10(13)18-12-15-6-16-19(11)12/h2-6,17H,1H3. The molecule has 6 nitrogen and oxygen atoms in total. The van der Waals surface area contributed by atoms with Crippen molar-refractivity contribution >= 4 is 28.9 Å². The Balaban J connectivity index is 2.07. The lowest BCUT2D eigenvalue weighted by Crippen LogP contribution is -2.03. The Morgan fingerprint density at radius 3 is 3.00 bits per heavy atom. The Labute approximate surface area is 118 Å². The highest BCUT2D eigenvalue weighted by atomic mass is 35.5. The molecule has 0 saturated carbocycles. The molecular formula is C12H9ClFN5O. The second-order valence-corrected chi connectivity index (χ2v) is 4.29. The molecule has 8 heteroatoms. The zero-order valence-electron chi connectivity index (χ0n) is 10.3. The number of hydrogen-bond donors (Lipinski definition) is 1. The third-order valence-corrected chi connectivity index (χ3v) is 2.85. The van der Waals surface area contributed by atoms with Gasteiger partial charge in [0.1, 0.15) is 28.9 Å². The molecule has 0 saturated heterocycles. The largest absolute Gasteiger partial charge is 0.497 e. The third kappa shape index (κ3) is 2.23. The van der Waals surface area contributed by atoms with Gasteiger partial charge in [0.15, 0.2) is 0 Å². The van der Waals surface area contributed by atoms with Crippen LogP contribution >= 0.6 is 11.6 Å². The maximum Gasteiger partial charge on any atom is 0.255 e. The van der Waals surface area contributed by atoms with Crippen LogP contribution in [0.3, 0.4) is 0 Å². The molecule has 2 heterocycles. The van der Waals surface area contributed by atoms with E-state index in [0.717, 1.165) is 0 Å². The van der Waals surface area contributed by atoms with Gasteiger partial charge in [-0.3, -0.25) is 0 Å². The maximum absolute atomic E-state index is 13.8. The molecule has 0 amide bonds. The quantitative estimate of drug-likeness (QED) is 0.752. The topological polar surface area (TPSA) is 64.3 Å². The van der Waals surface area contributed by atoms with Crippen molar-refractivity contribution in [2.45, 2.75) is 0 Å². The summed E-state index contributed by atoms with van der Waals surface area (Å²) in [7, 11) is 1.51. The smallest absolute Gasteiger partial charge is 0.255 e. The van der Waals surface area contributed by atoms with Gasteiger partial charge in [0.2, 0.25) is 0 Å². The number of methoxy groups -OCH3 is 1. The molecule has 0 unspecified atom stereocenters. The Kier molecular flexibility index (Phi) is 3.11. The van der Waals surface area contributed by atoms with Gasteiger partial charge >= 0.3 is 0 Å². The van der Waals surface area contributed by atoms with Crippen LogP contribution in [0.5, 0.6) is 5.75 Å². The molecule has 3 rings (SSSR count). The number of nitrogens with one attached hydrogen (secondary N) is 1. The van der Waals surface area contributed by atoms with Crippen molar-refractivity contribution in [3.63, 3.8) is 0 Å². The van der Waals surface area contributed by atoms with Crippen molar-refractivity contribution in [2.75, 3.05) is 12.4 Å². The van der Waals surface area contributed by atoms with Crippen LogP contribution in [0.4, 0.5) is 15.9 Å². The van der Waals surface area contributed by atoms with Crippen molar-refractivity contribution in [1.82, 2.24) is 19.6 Å². The first-order valence-electron chi connectivity index (χ1n) is 5.64. The lowest BCUT2D eigenvalue weighted by molar-refractivity contribution is 0.414. The van der Waals surface area contributed by atoms with E-state index in [1.165, 1.54) is 42.2 Å².